The molecule has 1 aliphatic rings. The summed E-state index contributed by atoms with van der Waals surface area (Å²) in [6, 6.07) is 14.1. The first-order chi connectivity index (χ1) is 20.1. The van der Waals surface area contributed by atoms with Crippen molar-refractivity contribution in [1.29, 1.82) is 0 Å². The van der Waals surface area contributed by atoms with Crippen LogP contribution in [0.4, 0.5) is 4.79 Å². The number of amides is 1. The number of hydrogen-bond acceptors (Lipinski definition) is 8. The number of aromatic nitrogens is 1. The summed E-state index contributed by atoms with van der Waals surface area (Å²) < 4.78 is 24.1. The summed E-state index contributed by atoms with van der Waals surface area (Å²) in [6.07, 6.45) is 2.10. The Balaban J connectivity index is 1.39. The zero-order chi connectivity index (χ0) is 30.1. The highest BCUT2D eigenvalue weighted by atomic mass is 79.9. The number of azide groups is 1. The highest BCUT2D eigenvalue weighted by molar-refractivity contribution is 9.10. The lowest BCUT2D eigenvalue weighted by atomic mass is 9.98. The van der Waals surface area contributed by atoms with Gasteiger partial charge >= 0.3 is 12.1 Å². The van der Waals surface area contributed by atoms with E-state index in [1.54, 1.807) is 27.0 Å². The van der Waals surface area contributed by atoms with Crippen molar-refractivity contribution in [1.82, 2.24) is 9.88 Å². The Labute approximate surface area is 252 Å². The molecule has 12 heteroatoms. The Hall–Kier alpha value is -4.02. The number of hydrogen-bond donors (Lipinski definition) is 0. The summed E-state index contributed by atoms with van der Waals surface area (Å²) in [5, 5.41) is 4.54. The van der Waals surface area contributed by atoms with Crippen molar-refractivity contribution in [2.24, 2.45) is 5.11 Å². The Kier molecular flexibility index (Phi) is 10.5. The highest BCUT2D eigenvalue weighted by Gasteiger charge is 2.39. The molecule has 4 rings (SSSR count). The van der Waals surface area contributed by atoms with Gasteiger partial charge in [0.1, 0.15) is 18.2 Å². The molecular weight excluding hydrogens is 606 g/mol. The van der Waals surface area contributed by atoms with Crippen LogP contribution in [0.15, 0.2) is 64.3 Å². The molecule has 0 radical (unpaired) electrons. The van der Waals surface area contributed by atoms with E-state index < -0.39 is 29.7 Å². The number of esters is 1. The molecule has 11 nitrogen and oxygen atoms in total. The van der Waals surface area contributed by atoms with Gasteiger partial charge in [0.2, 0.25) is 0 Å². The number of pyridine rings is 1. The number of benzene rings is 2. The van der Waals surface area contributed by atoms with E-state index in [9.17, 15) is 9.59 Å². The van der Waals surface area contributed by atoms with E-state index in [1.807, 2.05) is 48.5 Å². The number of likely N-dealkylation sites (tertiary alicyclic amines) is 1. The van der Waals surface area contributed by atoms with Crippen molar-refractivity contribution in [2.45, 2.75) is 64.3 Å². The van der Waals surface area contributed by atoms with Gasteiger partial charge in [-0.2, -0.15) is 0 Å². The van der Waals surface area contributed by atoms with Gasteiger partial charge in [0.15, 0.2) is 11.5 Å². The van der Waals surface area contributed by atoms with Gasteiger partial charge in [-0.15, -0.1) is 0 Å². The number of rotatable bonds is 10. The molecule has 0 N–H and O–H groups in total. The summed E-state index contributed by atoms with van der Waals surface area (Å²) in [5.74, 6) is 0.538. The van der Waals surface area contributed by atoms with Crippen LogP contribution in [0.25, 0.3) is 21.3 Å². The molecule has 0 saturated carbocycles. The third-order valence-electron chi connectivity index (χ3n) is 6.45. The summed E-state index contributed by atoms with van der Waals surface area (Å²) in [5.41, 5.74) is 9.92. The topological polar surface area (TPSA) is 136 Å². The van der Waals surface area contributed by atoms with Crippen LogP contribution < -0.4 is 9.47 Å². The summed E-state index contributed by atoms with van der Waals surface area (Å²) >= 11 is 3.48. The predicted molar refractivity (Wildman–Crippen MR) is 160 cm³/mol. The molecule has 1 amide bonds. The van der Waals surface area contributed by atoms with Gasteiger partial charge in [-0.1, -0.05) is 35.4 Å². The van der Waals surface area contributed by atoms with Crippen molar-refractivity contribution < 1.29 is 28.5 Å². The Morgan fingerprint density at radius 2 is 1.93 bits per heavy atom. The van der Waals surface area contributed by atoms with Gasteiger partial charge in [-0.3, -0.25) is 9.88 Å². The minimum Gasteiger partial charge on any atom is -0.489 e. The lowest BCUT2D eigenvalue weighted by Gasteiger charge is -2.37. The summed E-state index contributed by atoms with van der Waals surface area (Å²) in [6.45, 7) is 6.17. The molecule has 0 spiro atoms. The second-order valence-corrected chi connectivity index (χ2v) is 11.7. The van der Waals surface area contributed by atoms with Crippen LogP contribution in [-0.2, 0) is 20.9 Å². The standard InChI is InChI=1S/C30H34BrN5O6/c1-30(2,3)42-29(38)36-13-12-22(34-35-32)17-25(36)28(37)40-15-7-14-39-27-23-16-21(31)18-33-24(23)10-11-26(27)41-19-20-8-5-4-6-9-20/h4-6,8-11,16,18,22,25H,7,12-15,17,19H2,1-3H3/t22-,25?/m0/s1. The smallest absolute Gasteiger partial charge is 0.411 e. The average Bonchev–Trinajstić information content (AvgIpc) is 2.96. The van der Waals surface area contributed by atoms with Crippen molar-refractivity contribution in [3.05, 3.63) is 75.2 Å². The number of fused-ring (bicyclic) bond motifs is 1. The van der Waals surface area contributed by atoms with Gasteiger partial charge in [0.05, 0.1) is 18.7 Å². The van der Waals surface area contributed by atoms with Crippen LogP contribution in [0.3, 0.4) is 0 Å². The van der Waals surface area contributed by atoms with Gasteiger partial charge in [0.25, 0.3) is 0 Å². The average molecular weight is 641 g/mol. The molecule has 1 fully saturated rings. The monoisotopic (exact) mass is 639 g/mol. The molecule has 2 heterocycles. The quantitative estimate of drug-likeness (QED) is 0.0768. The van der Waals surface area contributed by atoms with Crippen LogP contribution in [0.1, 0.15) is 45.6 Å². The first-order valence-electron chi connectivity index (χ1n) is 13.7. The van der Waals surface area contributed by atoms with E-state index in [1.165, 1.54) is 4.90 Å². The molecule has 2 aromatic carbocycles. The molecule has 0 bridgehead atoms. The van der Waals surface area contributed by atoms with Crippen LogP contribution in [-0.4, -0.2) is 59.4 Å². The summed E-state index contributed by atoms with van der Waals surface area (Å²) in [7, 11) is 0. The second-order valence-electron chi connectivity index (χ2n) is 10.8. The minimum absolute atomic E-state index is 0.0661. The van der Waals surface area contributed by atoms with E-state index in [4.69, 9.17) is 24.5 Å². The first-order valence-corrected chi connectivity index (χ1v) is 14.5. The normalized spacial score (nSPS) is 16.8. The maximum absolute atomic E-state index is 13.1. The zero-order valence-electron chi connectivity index (χ0n) is 23.9. The molecule has 3 aromatic rings. The highest BCUT2D eigenvalue weighted by Crippen LogP contribution is 2.37. The number of ether oxygens (including phenoxy) is 4. The molecule has 1 aromatic heterocycles. The van der Waals surface area contributed by atoms with Gasteiger partial charge in [0, 0.05) is 40.0 Å². The van der Waals surface area contributed by atoms with Crippen LogP contribution in [0, 0.1) is 0 Å². The number of nitrogens with zero attached hydrogens (tertiary/aromatic N) is 5. The molecule has 1 saturated heterocycles. The first kappa shape index (κ1) is 30.9. The number of piperidine rings is 1. The van der Waals surface area contributed by atoms with Crippen molar-refractivity contribution in [3.8, 4) is 11.5 Å². The lowest BCUT2D eigenvalue weighted by Crippen LogP contribution is -2.52. The third kappa shape index (κ3) is 8.50. The fraction of sp³-hybridized carbons (Fsp3) is 0.433. The van der Waals surface area contributed by atoms with Crippen LogP contribution >= 0.6 is 15.9 Å². The lowest BCUT2D eigenvalue weighted by molar-refractivity contribution is -0.151. The second kappa shape index (κ2) is 14.2. The van der Waals surface area contributed by atoms with E-state index >= 15 is 0 Å². The molecule has 2 atom stereocenters. The number of carbonyl (C=O) groups is 2. The Morgan fingerprint density at radius 1 is 1.14 bits per heavy atom. The number of halogens is 1. The predicted octanol–water partition coefficient (Wildman–Crippen LogP) is 6.97. The van der Waals surface area contributed by atoms with Crippen molar-refractivity contribution in [3.63, 3.8) is 0 Å². The number of carbonyl (C=O) groups excluding carboxylic acids is 2. The maximum atomic E-state index is 13.1. The van der Waals surface area contributed by atoms with E-state index in [-0.39, 0.29) is 26.2 Å². The van der Waals surface area contributed by atoms with Gasteiger partial charge in [-0.25, -0.2) is 9.59 Å². The minimum atomic E-state index is -0.913. The zero-order valence-corrected chi connectivity index (χ0v) is 25.5. The third-order valence-corrected chi connectivity index (χ3v) is 6.89. The van der Waals surface area contributed by atoms with Crippen molar-refractivity contribution in [2.75, 3.05) is 19.8 Å². The molecule has 1 unspecified atom stereocenters. The largest absolute Gasteiger partial charge is 0.489 e. The van der Waals surface area contributed by atoms with Gasteiger partial charge < -0.3 is 18.9 Å². The fourth-order valence-electron chi connectivity index (χ4n) is 4.51. The van der Waals surface area contributed by atoms with E-state index in [2.05, 4.69) is 30.9 Å². The Bertz CT molecular complexity index is 1440. The molecule has 1 aliphatic heterocycles. The Morgan fingerprint density at radius 3 is 2.67 bits per heavy atom. The van der Waals surface area contributed by atoms with Crippen molar-refractivity contribution >= 4 is 38.9 Å². The fourth-order valence-corrected chi connectivity index (χ4v) is 4.85. The SMILES string of the molecule is CC(C)(C)OC(=O)N1CC[C@H](N=[N+]=[N-])CC1C(=O)OCCCOc1c(OCc2ccccc2)ccc2ncc(Br)cc12. The van der Waals surface area contributed by atoms with Crippen LogP contribution in [0.2, 0.25) is 0 Å². The molecule has 0 aliphatic carbocycles. The van der Waals surface area contributed by atoms with E-state index in [0.29, 0.717) is 30.9 Å². The molecule has 222 valence electrons. The van der Waals surface area contributed by atoms with E-state index in [0.717, 1.165) is 20.9 Å². The summed E-state index contributed by atoms with van der Waals surface area (Å²) in [4.78, 5) is 34.5. The van der Waals surface area contributed by atoms with Gasteiger partial charge in [-0.05, 0) is 78.8 Å². The molecule has 42 heavy (non-hydrogen) atoms. The maximum Gasteiger partial charge on any atom is 0.411 e. The van der Waals surface area contributed by atoms with Crippen LogP contribution in [0.5, 0.6) is 11.5 Å². The molecular formula is C30H34BrN5O6.